The van der Waals surface area contributed by atoms with E-state index in [4.69, 9.17) is 10.5 Å². The Morgan fingerprint density at radius 2 is 2.53 bits per heavy atom. The van der Waals surface area contributed by atoms with Gasteiger partial charge in [-0.05, 0) is 0 Å². The molecule has 1 unspecified atom stereocenters. The number of nitrogen functional groups attached to an aromatic ring is 1. The normalized spacial score (nSPS) is 20.3. The van der Waals surface area contributed by atoms with Crippen molar-refractivity contribution in [1.29, 1.82) is 0 Å². The lowest BCUT2D eigenvalue weighted by Crippen LogP contribution is -2.53. The van der Waals surface area contributed by atoms with Gasteiger partial charge in [0.05, 0.1) is 7.11 Å². The lowest BCUT2D eigenvalue weighted by atomic mass is 10.1. The minimum Gasteiger partial charge on any atom is -0.453 e. The molecule has 17 heavy (non-hydrogen) atoms. The minimum atomic E-state index is -0.298. The Balaban J connectivity index is 1.91. The number of aromatic nitrogens is 3. The Hall–Kier alpha value is -1.83. The van der Waals surface area contributed by atoms with Crippen molar-refractivity contribution in [2.24, 2.45) is 0 Å². The van der Waals surface area contributed by atoms with Gasteiger partial charge in [-0.3, -0.25) is 5.10 Å². The van der Waals surface area contributed by atoms with Gasteiger partial charge in [0.2, 0.25) is 5.95 Å². The van der Waals surface area contributed by atoms with Gasteiger partial charge < -0.3 is 20.7 Å². The van der Waals surface area contributed by atoms with E-state index in [9.17, 15) is 4.79 Å². The number of H-pyrrole nitrogens is 1. The summed E-state index contributed by atoms with van der Waals surface area (Å²) in [5.74, 6) is 0.951. The molecule has 0 aromatic carbocycles. The molecule has 1 aliphatic rings. The minimum absolute atomic E-state index is 0.134. The molecule has 0 radical (unpaired) electrons. The molecule has 1 aromatic rings. The number of nitrogens with one attached hydrogen (secondary N) is 2. The van der Waals surface area contributed by atoms with Crippen molar-refractivity contribution in [3.8, 4) is 0 Å². The van der Waals surface area contributed by atoms with E-state index in [0.29, 0.717) is 25.3 Å². The third-order valence-electron chi connectivity index (χ3n) is 2.68. The molecule has 8 heteroatoms. The van der Waals surface area contributed by atoms with Crippen molar-refractivity contribution < 1.29 is 9.53 Å². The lowest BCUT2D eigenvalue weighted by molar-refractivity contribution is 0.109. The number of carbonyl (C=O) groups is 1. The third kappa shape index (κ3) is 2.84. The molecule has 1 fully saturated rings. The maximum atomic E-state index is 11.4. The van der Waals surface area contributed by atoms with E-state index < -0.39 is 0 Å². The maximum Gasteiger partial charge on any atom is 0.409 e. The van der Waals surface area contributed by atoms with Crippen LogP contribution in [0.2, 0.25) is 0 Å². The van der Waals surface area contributed by atoms with E-state index >= 15 is 0 Å². The van der Waals surface area contributed by atoms with Crippen LogP contribution in [-0.4, -0.2) is 59.0 Å². The number of methoxy groups -OCH3 is 1. The number of nitrogens with zero attached hydrogens (tertiary/aromatic N) is 3. The average Bonchev–Trinajstić information content (AvgIpc) is 2.74. The van der Waals surface area contributed by atoms with Crippen molar-refractivity contribution in [3.05, 3.63) is 5.82 Å². The quantitative estimate of drug-likeness (QED) is 0.610. The van der Waals surface area contributed by atoms with E-state index in [2.05, 4.69) is 20.5 Å². The Kier molecular flexibility index (Phi) is 3.43. The van der Waals surface area contributed by atoms with Gasteiger partial charge in [0, 0.05) is 32.1 Å². The van der Waals surface area contributed by atoms with Gasteiger partial charge in [-0.1, -0.05) is 0 Å². The van der Waals surface area contributed by atoms with Crippen molar-refractivity contribution in [1.82, 2.24) is 25.4 Å². The summed E-state index contributed by atoms with van der Waals surface area (Å²) in [5.41, 5.74) is 5.42. The zero-order valence-corrected chi connectivity index (χ0v) is 9.64. The van der Waals surface area contributed by atoms with Crippen molar-refractivity contribution in [3.63, 3.8) is 0 Å². The smallest absolute Gasteiger partial charge is 0.409 e. The lowest BCUT2D eigenvalue weighted by Gasteiger charge is -2.32. The number of piperazine rings is 1. The fourth-order valence-corrected chi connectivity index (χ4v) is 1.89. The number of amides is 1. The largest absolute Gasteiger partial charge is 0.453 e. The Labute approximate surface area is 98.5 Å². The monoisotopic (exact) mass is 240 g/mol. The Morgan fingerprint density at radius 3 is 3.18 bits per heavy atom. The number of ether oxygens (including phenoxy) is 1. The first kappa shape index (κ1) is 11.6. The van der Waals surface area contributed by atoms with Crippen LogP contribution in [0.15, 0.2) is 0 Å². The first-order valence-electron chi connectivity index (χ1n) is 5.42. The molecular formula is C9H16N6O2. The molecule has 94 valence electrons. The molecule has 2 heterocycles. The zero-order valence-electron chi connectivity index (χ0n) is 9.64. The van der Waals surface area contributed by atoms with Crippen LogP contribution in [0.3, 0.4) is 0 Å². The second-order valence-corrected chi connectivity index (χ2v) is 3.91. The van der Waals surface area contributed by atoms with Gasteiger partial charge in [0.25, 0.3) is 0 Å². The number of aromatic amines is 1. The van der Waals surface area contributed by atoms with Gasteiger partial charge in [-0.25, -0.2) is 4.79 Å². The topological polar surface area (TPSA) is 109 Å². The molecule has 2 rings (SSSR count). The highest BCUT2D eigenvalue weighted by Crippen LogP contribution is 2.06. The first-order chi connectivity index (χ1) is 8.19. The van der Waals surface area contributed by atoms with Gasteiger partial charge in [-0.2, -0.15) is 4.98 Å². The number of hydrogen-bond donors (Lipinski definition) is 3. The molecule has 0 saturated carbocycles. The molecule has 1 amide bonds. The zero-order chi connectivity index (χ0) is 12.3. The van der Waals surface area contributed by atoms with Gasteiger partial charge in [0.1, 0.15) is 5.82 Å². The summed E-state index contributed by atoms with van der Waals surface area (Å²) in [6.45, 7) is 1.98. The summed E-state index contributed by atoms with van der Waals surface area (Å²) in [7, 11) is 1.39. The highest BCUT2D eigenvalue weighted by Gasteiger charge is 2.24. The van der Waals surface area contributed by atoms with Crippen molar-refractivity contribution in [2.75, 3.05) is 32.5 Å². The van der Waals surface area contributed by atoms with E-state index in [1.54, 1.807) is 4.90 Å². The van der Waals surface area contributed by atoms with Crippen LogP contribution in [0.1, 0.15) is 5.82 Å². The van der Waals surface area contributed by atoms with Crippen molar-refractivity contribution in [2.45, 2.75) is 12.5 Å². The number of nitrogens with two attached hydrogens (primary N) is 1. The Bertz CT molecular complexity index is 393. The number of anilines is 1. The average molecular weight is 240 g/mol. The van der Waals surface area contributed by atoms with E-state index in [-0.39, 0.29) is 18.1 Å². The summed E-state index contributed by atoms with van der Waals surface area (Å²) in [5, 5.41) is 9.82. The molecule has 4 N–H and O–H groups in total. The van der Waals surface area contributed by atoms with Gasteiger partial charge >= 0.3 is 6.09 Å². The molecule has 0 spiro atoms. The van der Waals surface area contributed by atoms with Gasteiger partial charge in [-0.15, -0.1) is 5.10 Å². The second-order valence-electron chi connectivity index (χ2n) is 3.91. The third-order valence-corrected chi connectivity index (χ3v) is 2.68. The van der Waals surface area contributed by atoms with Crippen LogP contribution in [0, 0.1) is 0 Å². The number of rotatable bonds is 2. The van der Waals surface area contributed by atoms with E-state index in [1.807, 2.05) is 0 Å². The summed E-state index contributed by atoms with van der Waals surface area (Å²) in [4.78, 5) is 17.1. The van der Waals surface area contributed by atoms with Crippen LogP contribution in [0.4, 0.5) is 10.7 Å². The van der Waals surface area contributed by atoms with Crippen LogP contribution in [0.5, 0.6) is 0 Å². The summed E-state index contributed by atoms with van der Waals surface area (Å²) in [6, 6.07) is 0.134. The molecule has 0 bridgehead atoms. The summed E-state index contributed by atoms with van der Waals surface area (Å²) < 4.78 is 4.70. The molecule has 1 saturated heterocycles. The SMILES string of the molecule is COC(=O)N1CCNC(Cc2nc(N)n[nH]2)C1. The van der Waals surface area contributed by atoms with Crippen LogP contribution in [0.25, 0.3) is 0 Å². The number of hydrogen-bond acceptors (Lipinski definition) is 6. The van der Waals surface area contributed by atoms with Crippen LogP contribution < -0.4 is 11.1 Å². The maximum absolute atomic E-state index is 11.4. The molecule has 1 aromatic heterocycles. The van der Waals surface area contributed by atoms with Crippen LogP contribution in [-0.2, 0) is 11.2 Å². The Morgan fingerprint density at radius 1 is 1.71 bits per heavy atom. The van der Waals surface area contributed by atoms with Crippen LogP contribution >= 0.6 is 0 Å². The standard InChI is InChI=1S/C9H16N6O2/c1-17-9(16)15-3-2-11-6(5-15)4-7-12-8(10)14-13-7/h6,11H,2-5H2,1H3,(H3,10,12,13,14). The molecule has 8 nitrogen and oxygen atoms in total. The fourth-order valence-electron chi connectivity index (χ4n) is 1.89. The molecular weight excluding hydrogens is 224 g/mol. The molecule has 1 atom stereocenters. The predicted molar refractivity (Wildman–Crippen MR) is 60.3 cm³/mol. The summed E-state index contributed by atoms with van der Waals surface area (Å²) in [6.07, 6.45) is 0.353. The fraction of sp³-hybridized carbons (Fsp3) is 0.667. The van der Waals surface area contributed by atoms with Crippen molar-refractivity contribution >= 4 is 12.0 Å². The van der Waals surface area contributed by atoms with Gasteiger partial charge in [0.15, 0.2) is 0 Å². The van der Waals surface area contributed by atoms with E-state index in [0.717, 1.165) is 6.54 Å². The predicted octanol–water partition coefficient (Wildman–Crippen LogP) is -1.03. The molecule has 0 aliphatic carbocycles. The van der Waals surface area contributed by atoms with E-state index in [1.165, 1.54) is 7.11 Å². The first-order valence-corrected chi connectivity index (χ1v) is 5.42. The number of carbonyl (C=O) groups excluding carboxylic acids is 1. The summed E-state index contributed by atoms with van der Waals surface area (Å²) >= 11 is 0. The molecule has 1 aliphatic heterocycles. The second kappa shape index (κ2) is 5.00. The highest BCUT2D eigenvalue weighted by atomic mass is 16.5. The highest BCUT2D eigenvalue weighted by molar-refractivity contribution is 5.67.